The number of halogens is 3. The SMILES string of the molecule is CCOC(=O)C1=C(C)N=c2s/c(=C/c3cc(I)c(OCc4ccc(Cl)c(Cl)c4)c(OCC)c3)c(=O)n2[C@@H]1c1ccc([N+](=O)[O-])cc1. The monoisotopic (exact) mass is 793 g/mol. The number of fused-ring (bicyclic) bond motifs is 1. The lowest BCUT2D eigenvalue weighted by molar-refractivity contribution is -0.384. The smallest absolute Gasteiger partial charge is 0.338 e. The van der Waals surface area contributed by atoms with Gasteiger partial charge in [0, 0.05) is 12.1 Å². The summed E-state index contributed by atoms with van der Waals surface area (Å²) < 4.78 is 19.9. The Balaban J connectivity index is 1.58. The summed E-state index contributed by atoms with van der Waals surface area (Å²) in [5, 5.41) is 12.2. The van der Waals surface area contributed by atoms with Crippen molar-refractivity contribution < 1.29 is 23.9 Å². The number of nitro groups is 1. The van der Waals surface area contributed by atoms with E-state index < -0.39 is 16.9 Å². The molecule has 46 heavy (non-hydrogen) atoms. The van der Waals surface area contributed by atoms with Gasteiger partial charge in [0.05, 0.1) is 53.6 Å². The first-order valence-corrected chi connectivity index (χ1v) is 16.6. The number of carbonyl (C=O) groups excluding carboxylic acids is 1. The van der Waals surface area contributed by atoms with Gasteiger partial charge in [0.2, 0.25) is 0 Å². The van der Waals surface area contributed by atoms with E-state index in [4.69, 9.17) is 37.4 Å². The van der Waals surface area contributed by atoms with Gasteiger partial charge in [-0.15, -0.1) is 0 Å². The molecule has 0 unspecified atom stereocenters. The minimum absolute atomic E-state index is 0.112. The summed E-state index contributed by atoms with van der Waals surface area (Å²) in [6.07, 6.45) is 1.73. The summed E-state index contributed by atoms with van der Waals surface area (Å²) in [5.74, 6) is 0.423. The number of esters is 1. The van der Waals surface area contributed by atoms with Crippen LogP contribution in [0.4, 0.5) is 5.69 Å². The summed E-state index contributed by atoms with van der Waals surface area (Å²) in [6.45, 7) is 5.97. The molecule has 0 N–H and O–H groups in total. The number of hydrogen-bond acceptors (Lipinski definition) is 9. The van der Waals surface area contributed by atoms with Crippen LogP contribution in [0.2, 0.25) is 10.0 Å². The van der Waals surface area contributed by atoms with Crippen LogP contribution in [0.3, 0.4) is 0 Å². The molecule has 0 saturated heterocycles. The third-order valence-corrected chi connectivity index (χ3v) is 9.46. The zero-order valence-corrected chi connectivity index (χ0v) is 29.2. The van der Waals surface area contributed by atoms with Gasteiger partial charge < -0.3 is 14.2 Å². The average molecular weight is 794 g/mol. The maximum Gasteiger partial charge on any atom is 0.338 e. The molecule has 1 aromatic heterocycles. The summed E-state index contributed by atoms with van der Waals surface area (Å²) in [4.78, 5) is 42.9. The number of carbonyl (C=O) groups is 1. The number of thiazole rings is 1. The van der Waals surface area contributed by atoms with Crippen LogP contribution < -0.4 is 24.4 Å². The fourth-order valence-corrected chi connectivity index (χ4v) is 7.04. The third-order valence-electron chi connectivity index (χ3n) is 6.93. The summed E-state index contributed by atoms with van der Waals surface area (Å²) in [6, 6.07) is 13.8. The van der Waals surface area contributed by atoms with Crippen molar-refractivity contribution in [2.24, 2.45) is 4.99 Å². The molecule has 10 nitrogen and oxygen atoms in total. The van der Waals surface area contributed by atoms with E-state index >= 15 is 0 Å². The molecule has 0 saturated carbocycles. The minimum atomic E-state index is -0.894. The highest BCUT2D eigenvalue weighted by Gasteiger charge is 2.33. The van der Waals surface area contributed by atoms with E-state index in [-0.39, 0.29) is 30.0 Å². The van der Waals surface area contributed by atoms with Crippen LogP contribution in [-0.4, -0.2) is 28.7 Å². The van der Waals surface area contributed by atoms with Crippen LogP contribution >= 0.6 is 57.1 Å². The predicted octanol–water partition coefficient (Wildman–Crippen LogP) is 6.60. The quantitative estimate of drug-likeness (QED) is 0.0769. The van der Waals surface area contributed by atoms with Gasteiger partial charge in [0.1, 0.15) is 6.61 Å². The number of hydrogen-bond donors (Lipinski definition) is 0. The largest absolute Gasteiger partial charge is 0.490 e. The Bertz CT molecular complexity index is 2060. The van der Waals surface area contributed by atoms with E-state index in [0.717, 1.165) is 9.13 Å². The summed E-state index contributed by atoms with van der Waals surface area (Å²) in [5.41, 5.74) is 2.11. The molecular weight excluding hydrogens is 768 g/mol. The Kier molecular flexibility index (Phi) is 10.5. The number of nitro benzene ring substituents is 1. The second kappa shape index (κ2) is 14.4. The van der Waals surface area contributed by atoms with E-state index in [1.165, 1.54) is 40.2 Å². The number of benzene rings is 3. The Hall–Kier alpha value is -3.72. The molecule has 1 aliphatic heterocycles. The normalized spacial score (nSPS) is 14.5. The molecule has 3 aromatic carbocycles. The van der Waals surface area contributed by atoms with Crippen molar-refractivity contribution in [2.45, 2.75) is 33.4 Å². The molecule has 1 atom stereocenters. The van der Waals surface area contributed by atoms with Crippen molar-refractivity contribution in [1.29, 1.82) is 0 Å². The maximum absolute atomic E-state index is 14.0. The third kappa shape index (κ3) is 6.99. The first-order valence-electron chi connectivity index (χ1n) is 14.0. The van der Waals surface area contributed by atoms with Gasteiger partial charge in [-0.2, -0.15) is 0 Å². The Morgan fingerprint density at radius 2 is 1.83 bits per heavy atom. The zero-order chi connectivity index (χ0) is 33.1. The number of non-ortho nitro benzene ring substituents is 1. The van der Waals surface area contributed by atoms with E-state index in [9.17, 15) is 19.7 Å². The maximum atomic E-state index is 14.0. The van der Waals surface area contributed by atoms with Gasteiger partial charge in [-0.1, -0.05) is 40.6 Å². The van der Waals surface area contributed by atoms with Crippen molar-refractivity contribution in [3.05, 3.63) is 126 Å². The number of rotatable bonds is 10. The highest BCUT2D eigenvalue weighted by Crippen LogP contribution is 2.36. The van der Waals surface area contributed by atoms with Crippen molar-refractivity contribution in [1.82, 2.24) is 4.57 Å². The molecule has 5 rings (SSSR count). The Morgan fingerprint density at radius 3 is 2.48 bits per heavy atom. The highest BCUT2D eigenvalue weighted by atomic mass is 127. The number of aromatic nitrogens is 1. The molecule has 1 aliphatic rings. The fourth-order valence-electron chi connectivity index (χ4n) is 4.90. The van der Waals surface area contributed by atoms with Gasteiger partial charge in [-0.25, -0.2) is 9.79 Å². The van der Waals surface area contributed by atoms with Crippen LogP contribution in [0.15, 0.2) is 75.7 Å². The van der Waals surface area contributed by atoms with Crippen LogP contribution in [0.25, 0.3) is 6.08 Å². The average Bonchev–Trinajstić information content (AvgIpc) is 3.31. The Morgan fingerprint density at radius 1 is 1.09 bits per heavy atom. The molecule has 4 aromatic rings. The molecule has 238 valence electrons. The highest BCUT2D eigenvalue weighted by molar-refractivity contribution is 14.1. The van der Waals surface area contributed by atoms with Crippen LogP contribution in [-0.2, 0) is 16.1 Å². The molecule has 0 radical (unpaired) electrons. The van der Waals surface area contributed by atoms with Crippen molar-refractivity contribution >= 4 is 74.9 Å². The molecule has 0 aliphatic carbocycles. The van der Waals surface area contributed by atoms with Gasteiger partial charge >= 0.3 is 5.97 Å². The predicted molar refractivity (Wildman–Crippen MR) is 185 cm³/mol. The van der Waals surface area contributed by atoms with Crippen LogP contribution in [0.5, 0.6) is 11.5 Å². The topological polar surface area (TPSA) is 122 Å². The number of allylic oxidation sites excluding steroid dienone is 1. The molecule has 0 bridgehead atoms. The van der Waals surface area contributed by atoms with Crippen molar-refractivity contribution in [3.8, 4) is 11.5 Å². The molecule has 14 heteroatoms. The van der Waals surface area contributed by atoms with Gasteiger partial charge in [0.15, 0.2) is 16.3 Å². The summed E-state index contributed by atoms with van der Waals surface area (Å²) in [7, 11) is 0. The molecule has 0 fully saturated rings. The Labute approximate surface area is 290 Å². The lowest BCUT2D eigenvalue weighted by atomic mass is 9.95. The van der Waals surface area contributed by atoms with E-state index in [1.54, 1.807) is 38.1 Å². The van der Waals surface area contributed by atoms with Crippen LogP contribution in [0.1, 0.15) is 43.5 Å². The molecular formula is C32H26Cl2IN3O7S. The van der Waals surface area contributed by atoms with E-state index in [2.05, 4.69) is 27.6 Å². The molecule has 0 amide bonds. The van der Waals surface area contributed by atoms with E-state index in [1.807, 2.05) is 19.1 Å². The van der Waals surface area contributed by atoms with Gasteiger partial charge in [-0.05, 0) is 103 Å². The number of ether oxygens (including phenoxy) is 3. The fraction of sp³-hybridized carbons (Fsp3) is 0.219. The first-order chi connectivity index (χ1) is 22.0. The minimum Gasteiger partial charge on any atom is -0.490 e. The second-order valence-corrected chi connectivity index (χ2v) is 12.9. The lowest BCUT2D eigenvalue weighted by Crippen LogP contribution is -2.39. The van der Waals surface area contributed by atoms with Crippen molar-refractivity contribution in [3.63, 3.8) is 0 Å². The lowest BCUT2D eigenvalue weighted by Gasteiger charge is -2.24. The standard InChI is InChI=1S/C32H26Cl2IN3O7S/c1-4-43-25-14-19(13-24(35)29(25)45-16-18-6-11-22(33)23(34)12-18)15-26-30(39)37-28(20-7-9-21(10-8-20)38(41)42)27(31(40)44-5-2)17(3)36-32(37)46-26/h6-15,28H,4-5,16H2,1-3H3/b26-15+/t28-/m1/s1. The second-order valence-electron chi connectivity index (χ2n) is 9.95. The van der Waals surface area contributed by atoms with Crippen LogP contribution in [0, 0.1) is 13.7 Å². The molecule has 2 heterocycles. The first kappa shape index (κ1) is 33.6. The molecule has 0 spiro atoms. The zero-order valence-electron chi connectivity index (χ0n) is 24.7. The summed E-state index contributed by atoms with van der Waals surface area (Å²) >= 11 is 15.5. The van der Waals surface area contributed by atoms with Gasteiger partial charge in [-0.3, -0.25) is 19.5 Å². The van der Waals surface area contributed by atoms with Gasteiger partial charge in [0.25, 0.3) is 11.2 Å². The van der Waals surface area contributed by atoms with E-state index in [0.29, 0.717) is 54.3 Å². The number of nitrogens with zero attached hydrogens (tertiary/aromatic N) is 3. The van der Waals surface area contributed by atoms with Crippen molar-refractivity contribution in [2.75, 3.05) is 13.2 Å².